The van der Waals surface area contributed by atoms with Crippen molar-refractivity contribution in [2.24, 2.45) is 0 Å². The van der Waals surface area contributed by atoms with Crippen molar-refractivity contribution in [2.45, 2.75) is 0 Å². The fourth-order valence-electron chi connectivity index (χ4n) is 3.01. The van der Waals surface area contributed by atoms with E-state index in [1.165, 1.54) is 11.0 Å². The molecule has 2 heterocycles. The number of nitrogens with zero attached hydrogens (tertiary/aromatic N) is 4. The van der Waals surface area contributed by atoms with Crippen molar-refractivity contribution in [3.63, 3.8) is 0 Å². The molecule has 2 aromatic carbocycles. The summed E-state index contributed by atoms with van der Waals surface area (Å²) in [5.74, 6) is 0.937. The molecule has 1 aliphatic rings. The quantitative estimate of drug-likeness (QED) is 0.660. The minimum atomic E-state index is -0.227. The lowest BCUT2D eigenvalue weighted by Gasteiger charge is -2.26. The zero-order valence-corrected chi connectivity index (χ0v) is 16.0. The Labute approximate surface area is 169 Å². The number of benzene rings is 2. The molecular weight excluding hydrogens is 370 g/mol. The van der Waals surface area contributed by atoms with Crippen LogP contribution in [0.15, 0.2) is 60.9 Å². The highest BCUT2D eigenvalue weighted by Gasteiger charge is 2.11. The summed E-state index contributed by atoms with van der Waals surface area (Å²) in [7, 11) is 0. The van der Waals surface area contributed by atoms with Gasteiger partial charge in [0.25, 0.3) is 5.91 Å². The third-order valence-electron chi connectivity index (χ3n) is 4.61. The van der Waals surface area contributed by atoms with Gasteiger partial charge < -0.3 is 14.8 Å². The van der Waals surface area contributed by atoms with Crippen LogP contribution in [-0.2, 0) is 4.74 Å². The van der Waals surface area contributed by atoms with Crippen molar-refractivity contribution >= 4 is 17.5 Å². The fourth-order valence-corrected chi connectivity index (χ4v) is 3.01. The molecule has 8 nitrogen and oxygen atoms in total. The second kappa shape index (κ2) is 9.31. The SMILES string of the molecule is O=C(c1ccccc1)n1cnc(Nc2ccc(OCCN3CCOCC3)cc2)n1. The predicted molar refractivity (Wildman–Crippen MR) is 109 cm³/mol. The Morgan fingerprint density at radius 1 is 1.07 bits per heavy atom. The molecule has 0 aliphatic carbocycles. The van der Waals surface area contributed by atoms with Crippen LogP contribution in [0.3, 0.4) is 0 Å². The first kappa shape index (κ1) is 19.1. The zero-order chi connectivity index (χ0) is 19.9. The molecule has 0 amide bonds. The number of hydrogen-bond donors (Lipinski definition) is 1. The number of hydrogen-bond acceptors (Lipinski definition) is 7. The van der Waals surface area contributed by atoms with Gasteiger partial charge in [-0.2, -0.15) is 9.67 Å². The number of ether oxygens (including phenoxy) is 2. The minimum absolute atomic E-state index is 0.227. The van der Waals surface area contributed by atoms with Gasteiger partial charge in [0.15, 0.2) is 0 Å². The number of rotatable bonds is 7. The molecule has 0 radical (unpaired) electrons. The Morgan fingerprint density at radius 3 is 2.59 bits per heavy atom. The largest absolute Gasteiger partial charge is 0.492 e. The van der Waals surface area contributed by atoms with Crippen LogP contribution in [0, 0.1) is 0 Å². The molecule has 1 N–H and O–H groups in total. The average molecular weight is 393 g/mol. The van der Waals surface area contributed by atoms with Crippen LogP contribution < -0.4 is 10.1 Å². The normalized spacial score (nSPS) is 14.5. The molecule has 0 saturated carbocycles. The molecule has 1 fully saturated rings. The van der Waals surface area contributed by atoms with Crippen LogP contribution in [0.25, 0.3) is 0 Å². The topological polar surface area (TPSA) is 81.5 Å². The number of carbonyl (C=O) groups excluding carboxylic acids is 1. The van der Waals surface area contributed by atoms with Gasteiger partial charge in [0.1, 0.15) is 18.7 Å². The molecule has 1 saturated heterocycles. The molecule has 4 rings (SSSR count). The van der Waals surface area contributed by atoms with Crippen LogP contribution in [0.4, 0.5) is 11.6 Å². The number of carbonyl (C=O) groups is 1. The van der Waals surface area contributed by atoms with Crippen molar-refractivity contribution in [1.82, 2.24) is 19.7 Å². The monoisotopic (exact) mass is 393 g/mol. The average Bonchev–Trinajstić information content (AvgIpc) is 3.24. The molecular formula is C21H23N5O3. The summed E-state index contributed by atoms with van der Waals surface area (Å²) >= 11 is 0. The van der Waals surface area contributed by atoms with E-state index in [2.05, 4.69) is 20.3 Å². The van der Waals surface area contributed by atoms with Gasteiger partial charge in [0, 0.05) is 30.9 Å². The van der Waals surface area contributed by atoms with E-state index in [-0.39, 0.29) is 5.91 Å². The molecule has 1 aromatic heterocycles. The molecule has 0 atom stereocenters. The minimum Gasteiger partial charge on any atom is -0.492 e. The van der Waals surface area contributed by atoms with Gasteiger partial charge in [0.05, 0.1) is 13.2 Å². The smallest absolute Gasteiger partial charge is 0.279 e. The number of morpholine rings is 1. The second-order valence-corrected chi connectivity index (χ2v) is 6.64. The molecule has 3 aromatic rings. The Balaban J connectivity index is 1.29. The van der Waals surface area contributed by atoms with Crippen molar-refractivity contribution in [3.8, 4) is 5.75 Å². The van der Waals surface area contributed by atoms with Gasteiger partial charge in [-0.05, 0) is 36.4 Å². The summed E-state index contributed by atoms with van der Waals surface area (Å²) in [6, 6.07) is 16.6. The van der Waals surface area contributed by atoms with Gasteiger partial charge in [-0.15, -0.1) is 5.10 Å². The summed E-state index contributed by atoms with van der Waals surface area (Å²) in [6.07, 6.45) is 1.40. The van der Waals surface area contributed by atoms with Gasteiger partial charge >= 0.3 is 0 Å². The standard InChI is InChI=1S/C21H23N5O3/c27-20(17-4-2-1-3-5-17)26-16-22-21(24-26)23-18-6-8-19(9-7-18)29-15-12-25-10-13-28-14-11-25/h1-9,16H,10-15H2,(H,23,24). The molecule has 0 spiro atoms. The lowest BCUT2D eigenvalue weighted by atomic mass is 10.2. The number of anilines is 2. The molecule has 0 unspecified atom stereocenters. The van der Waals surface area contributed by atoms with Crippen molar-refractivity contribution < 1.29 is 14.3 Å². The van der Waals surface area contributed by atoms with E-state index in [1.807, 2.05) is 42.5 Å². The Kier molecular flexibility index (Phi) is 6.13. The van der Waals surface area contributed by atoms with Crippen LogP contribution in [0.2, 0.25) is 0 Å². The Morgan fingerprint density at radius 2 is 1.83 bits per heavy atom. The highest BCUT2D eigenvalue weighted by molar-refractivity contribution is 5.95. The predicted octanol–water partition coefficient (Wildman–Crippen LogP) is 2.42. The van der Waals surface area contributed by atoms with Crippen molar-refractivity contribution in [1.29, 1.82) is 0 Å². The van der Waals surface area contributed by atoms with Crippen LogP contribution >= 0.6 is 0 Å². The zero-order valence-electron chi connectivity index (χ0n) is 16.0. The van der Waals surface area contributed by atoms with Crippen molar-refractivity contribution in [2.75, 3.05) is 44.8 Å². The van der Waals surface area contributed by atoms with Gasteiger partial charge in [-0.3, -0.25) is 9.69 Å². The molecule has 29 heavy (non-hydrogen) atoms. The van der Waals surface area contributed by atoms with Crippen LogP contribution in [0.1, 0.15) is 10.4 Å². The first-order valence-electron chi connectivity index (χ1n) is 9.59. The fraction of sp³-hybridized carbons (Fsp3) is 0.286. The highest BCUT2D eigenvalue weighted by Crippen LogP contribution is 2.18. The summed E-state index contributed by atoms with van der Waals surface area (Å²) in [5, 5.41) is 7.30. The van der Waals surface area contributed by atoms with Crippen molar-refractivity contribution in [3.05, 3.63) is 66.5 Å². The van der Waals surface area contributed by atoms with E-state index in [0.29, 0.717) is 18.1 Å². The molecule has 150 valence electrons. The third-order valence-corrected chi connectivity index (χ3v) is 4.61. The second-order valence-electron chi connectivity index (χ2n) is 6.64. The van der Waals surface area contributed by atoms with Gasteiger partial charge in [0.2, 0.25) is 5.95 Å². The number of nitrogens with one attached hydrogen (secondary N) is 1. The van der Waals surface area contributed by atoms with E-state index < -0.39 is 0 Å². The lowest BCUT2D eigenvalue weighted by molar-refractivity contribution is 0.0322. The van der Waals surface area contributed by atoms with E-state index in [4.69, 9.17) is 9.47 Å². The van der Waals surface area contributed by atoms with Gasteiger partial charge in [-0.25, -0.2) is 0 Å². The third kappa shape index (κ3) is 5.18. The highest BCUT2D eigenvalue weighted by atomic mass is 16.5. The van der Waals surface area contributed by atoms with Crippen LogP contribution in [-0.4, -0.2) is 65.0 Å². The summed E-state index contributed by atoms with van der Waals surface area (Å²) in [4.78, 5) is 18.9. The maximum absolute atomic E-state index is 12.4. The van der Waals surface area contributed by atoms with E-state index in [1.54, 1.807) is 12.1 Å². The van der Waals surface area contributed by atoms with E-state index in [9.17, 15) is 4.79 Å². The first-order valence-corrected chi connectivity index (χ1v) is 9.59. The summed E-state index contributed by atoms with van der Waals surface area (Å²) in [5.41, 5.74) is 1.37. The summed E-state index contributed by atoms with van der Waals surface area (Å²) in [6.45, 7) is 5.03. The Bertz CT molecular complexity index is 921. The molecule has 8 heteroatoms. The Hall–Kier alpha value is -3.23. The maximum atomic E-state index is 12.4. The lowest BCUT2D eigenvalue weighted by Crippen LogP contribution is -2.38. The van der Waals surface area contributed by atoms with E-state index >= 15 is 0 Å². The molecule has 1 aliphatic heterocycles. The first-order chi connectivity index (χ1) is 14.3. The van der Waals surface area contributed by atoms with Crippen LogP contribution in [0.5, 0.6) is 5.75 Å². The maximum Gasteiger partial charge on any atom is 0.279 e. The van der Waals surface area contributed by atoms with E-state index in [0.717, 1.165) is 44.3 Å². The van der Waals surface area contributed by atoms with Gasteiger partial charge in [-0.1, -0.05) is 18.2 Å². The number of aromatic nitrogens is 3. The summed E-state index contributed by atoms with van der Waals surface area (Å²) < 4.78 is 12.4. The molecule has 0 bridgehead atoms.